The summed E-state index contributed by atoms with van der Waals surface area (Å²) in [6.45, 7) is 32.7. The third kappa shape index (κ3) is 6.40. The van der Waals surface area contributed by atoms with Gasteiger partial charge in [0.05, 0.1) is 16.4 Å². The van der Waals surface area contributed by atoms with E-state index >= 15 is 0 Å². The van der Waals surface area contributed by atoms with Crippen LogP contribution in [0, 0.1) is 34.6 Å². The second kappa shape index (κ2) is 14.0. The monoisotopic (exact) mass is 846 g/mol. The summed E-state index contributed by atoms with van der Waals surface area (Å²) in [5, 5.41) is 4.01. The molecule has 10 rings (SSSR count). The van der Waals surface area contributed by atoms with Crippen molar-refractivity contribution >= 4 is 99.4 Å². The van der Waals surface area contributed by atoms with E-state index in [2.05, 4.69) is 210 Å². The van der Waals surface area contributed by atoms with E-state index in [0.29, 0.717) is 0 Å². The Morgan fingerprint density at radius 2 is 1.03 bits per heavy atom. The molecule has 0 saturated carbocycles. The normalized spacial score (nSPS) is 13.9. The largest absolute Gasteiger partial charge is 0.311 e. The Labute approximate surface area is 378 Å². The van der Waals surface area contributed by atoms with E-state index in [-0.39, 0.29) is 23.0 Å². The first-order valence-corrected chi connectivity index (χ1v) is 24.0. The zero-order valence-electron chi connectivity index (χ0n) is 39.1. The predicted molar refractivity (Wildman–Crippen MR) is 276 cm³/mol. The van der Waals surface area contributed by atoms with Crippen molar-refractivity contribution in [1.82, 2.24) is 0 Å². The van der Waals surface area contributed by atoms with Crippen LogP contribution in [0.4, 0.5) is 33.4 Å². The van der Waals surface area contributed by atoms with Crippen LogP contribution in [0.15, 0.2) is 103 Å². The summed E-state index contributed by atoms with van der Waals surface area (Å²) in [7, 11) is 0. The fraction of sp³-hybridized carbons (Fsp3) is 0.298. The van der Waals surface area contributed by atoms with E-state index in [1.54, 1.807) is 0 Å². The van der Waals surface area contributed by atoms with Crippen molar-refractivity contribution in [3.63, 3.8) is 0 Å². The van der Waals surface area contributed by atoms with Crippen LogP contribution in [0.2, 0.25) is 0 Å². The first kappa shape index (κ1) is 40.9. The van der Waals surface area contributed by atoms with Crippen molar-refractivity contribution in [2.24, 2.45) is 0 Å². The minimum absolute atomic E-state index is 0.0161. The lowest BCUT2D eigenvalue weighted by molar-refractivity contribution is 0.589. The molecular formula is C57H59BN2S2. The Bertz CT molecular complexity index is 3080. The van der Waals surface area contributed by atoms with Gasteiger partial charge in [0.1, 0.15) is 0 Å². The smallest absolute Gasteiger partial charge is 0.254 e. The van der Waals surface area contributed by atoms with E-state index in [4.69, 9.17) is 0 Å². The molecule has 0 saturated heterocycles. The fourth-order valence-corrected chi connectivity index (χ4v) is 12.6. The molecule has 62 heavy (non-hydrogen) atoms. The van der Waals surface area contributed by atoms with Crippen LogP contribution in [-0.2, 0) is 16.2 Å². The highest BCUT2D eigenvalue weighted by Gasteiger charge is 2.46. The maximum Gasteiger partial charge on any atom is 0.254 e. The van der Waals surface area contributed by atoms with E-state index in [1.165, 1.54) is 125 Å². The molecule has 0 aliphatic carbocycles. The number of hydrogen-bond donors (Lipinski definition) is 0. The summed E-state index contributed by atoms with van der Waals surface area (Å²) < 4.78 is 2.67. The minimum atomic E-state index is 0.0161. The molecule has 6 aromatic carbocycles. The van der Waals surface area contributed by atoms with Crippen LogP contribution in [0.3, 0.4) is 0 Å². The summed E-state index contributed by atoms with van der Waals surface area (Å²) in [5.41, 5.74) is 22.6. The third-order valence-corrected chi connectivity index (χ3v) is 15.9. The van der Waals surface area contributed by atoms with E-state index in [1.807, 2.05) is 22.7 Å². The molecule has 0 amide bonds. The summed E-state index contributed by atoms with van der Waals surface area (Å²) >= 11 is 3.86. The molecule has 2 aliphatic heterocycles. The number of benzene rings is 6. The Kier molecular flexibility index (Phi) is 9.21. The zero-order chi connectivity index (χ0) is 43.9. The second-order valence-electron chi connectivity index (χ2n) is 21.4. The Morgan fingerprint density at radius 1 is 0.468 bits per heavy atom. The lowest BCUT2D eigenvalue weighted by Crippen LogP contribution is -2.61. The summed E-state index contributed by atoms with van der Waals surface area (Å²) in [5.74, 6) is 0. The van der Waals surface area contributed by atoms with Gasteiger partial charge in [0.2, 0.25) is 0 Å². The van der Waals surface area contributed by atoms with Crippen molar-refractivity contribution in [2.45, 2.75) is 113 Å². The summed E-state index contributed by atoms with van der Waals surface area (Å²) in [6.07, 6.45) is 0. The van der Waals surface area contributed by atoms with Gasteiger partial charge in [0.25, 0.3) is 6.71 Å². The molecule has 0 spiro atoms. The molecule has 0 fully saturated rings. The van der Waals surface area contributed by atoms with Crippen molar-refractivity contribution in [3.05, 3.63) is 148 Å². The Morgan fingerprint density at radius 3 is 1.61 bits per heavy atom. The van der Waals surface area contributed by atoms with E-state index in [9.17, 15) is 0 Å². The number of thiophene rings is 2. The standard InChI is InChI=1S/C57H59BN2S2/c1-32-23-45-51-46(24-32)60(53-35(4)27-41(28-36(53)5)57(12,13)14)54-50(42-31-39(55(6,7)8)20-22-48(42)62-54)58(51)43-21-19-38(49-30-37-17-15-16-18-47(37)61-49)29-44(43)59(45)52-33(2)25-40(26-34(52)3)56(9,10)11/h15-31H,1-14H3. The van der Waals surface area contributed by atoms with Crippen LogP contribution in [-0.4, -0.2) is 6.71 Å². The number of hydrogen-bond acceptors (Lipinski definition) is 4. The maximum absolute atomic E-state index is 2.67. The second-order valence-corrected chi connectivity index (χ2v) is 23.6. The van der Waals surface area contributed by atoms with Crippen molar-refractivity contribution in [3.8, 4) is 10.4 Å². The molecule has 8 aromatic rings. The van der Waals surface area contributed by atoms with Gasteiger partial charge in [-0.25, -0.2) is 0 Å². The fourth-order valence-electron chi connectivity index (χ4n) is 10.3. The highest BCUT2D eigenvalue weighted by atomic mass is 32.1. The van der Waals surface area contributed by atoms with Crippen LogP contribution in [0.25, 0.3) is 30.6 Å². The number of nitrogens with zero attached hydrogens (tertiary/aromatic N) is 2. The van der Waals surface area contributed by atoms with Gasteiger partial charge in [0, 0.05) is 31.3 Å². The van der Waals surface area contributed by atoms with Crippen molar-refractivity contribution in [1.29, 1.82) is 0 Å². The molecule has 4 heterocycles. The van der Waals surface area contributed by atoms with Gasteiger partial charge in [-0.05, 0) is 164 Å². The van der Waals surface area contributed by atoms with Crippen molar-refractivity contribution < 1.29 is 0 Å². The number of aryl methyl sites for hydroxylation is 5. The molecule has 2 nitrogen and oxygen atoms in total. The van der Waals surface area contributed by atoms with E-state index in [0.717, 1.165) is 0 Å². The lowest BCUT2D eigenvalue weighted by atomic mass is 9.33. The molecule has 312 valence electrons. The summed E-state index contributed by atoms with van der Waals surface area (Å²) in [6, 6.07) is 40.6. The lowest BCUT2D eigenvalue weighted by Gasteiger charge is -2.45. The number of anilines is 6. The molecule has 0 N–H and O–H groups in total. The number of fused-ring (bicyclic) bond motifs is 7. The SMILES string of the molecule is Cc1cc2c3c(c1)N(c1c(C)cc(C(C)(C)C)cc1C)c1sc4ccc(C(C)(C)C)cc4c1B3c1ccc(-c3cc4ccccc4s3)cc1N2c1c(C)cc(C(C)(C)C)cc1C. The van der Waals surface area contributed by atoms with E-state index < -0.39 is 0 Å². The van der Waals surface area contributed by atoms with Crippen molar-refractivity contribution in [2.75, 3.05) is 9.80 Å². The molecule has 2 aliphatic rings. The zero-order valence-corrected chi connectivity index (χ0v) is 40.7. The average molecular weight is 847 g/mol. The van der Waals surface area contributed by atoms with Crippen LogP contribution in [0.1, 0.15) is 107 Å². The Balaban J connectivity index is 1.33. The topological polar surface area (TPSA) is 6.48 Å². The van der Waals surface area contributed by atoms with Gasteiger partial charge < -0.3 is 9.80 Å². The Hall–Kier alpha value is -5.10. The van der Waals surface area contributed by atoms with Crippen LogP contribution in [0.5, 0.6) is 0 Å². The molecule has 0 radical (unpaired) electrons. The first-order valence-electron chi connectivity index (χ1n) is 22.4. The van der Waals surface area contributed by atoms with Gasteiger partial charge >= 0.3 is 0 Å². The maximum atomic E-state index is 2.67. The summed E-state index contributed by atoms with van der Waals surface area (Å²) in [4.78, 5) is 6.64. The molecule has 0 unspecified atom stereocenters. The predicted octanol–water partition coefficient (Wildman–Crippen LogP) is 15.3. The van der Waals surface area contributed by atoms with Gasteiger partial charge in [-0.2, -0.15) is 0 Å². The average Bonchev–Trinajstić information content (AvgIpc) is 3.79. The molecule has 2 aromatic heterocycles. The first-order chi connectivity index (χ1) is 29.2. The van der Waals surface area contributed by atoms with Gasteiger partial charge in [-0.15, -0.1) is 22.7 Å². The minimum Gasteiger partial charge on any atom is -0.311 e. The quantitative estimate of drug-likeness (QED) is 0.163. The van der Waals surface area contributed by atoms with Crippen LogP contribution >= 0.6 is 22.7 Å². The van der Waals surface area contributed by atoms with Gasteiger partial charge in [-0.1, -0.05) is 129 Å². The molecule has 0 atom stereocenters. The van der Waals surface area contributed by atoms with Crippen LogP contribution < -0.4 is 26.2 Å². The van der Waals surface area contributed by atoms with Gasteiger partial charge in [-0.3, -0.25) is 0 Å². The molecular weight excluding hydrogens is 788 g/mol. The molecule has 5 heteroatoms. The highest BCUT2D eigenvalue weighted by Crippen LogP contribution is 2.52. The molecule has 0 bridgehead atoms. The van der Waals surface area contributed by atoms with Gasteiger partial charge in [0.15, 0.2) is 0 Å². The highest BCUT2D eigenvalue weighted by molar-refractivity contribution is 7.26. The number of rotatable bonds is 3. The third-order valence-electron chi connectivity index (χ3n) is 13.6.